The molecule has 0 spiro atoms. The van der Waals surface area contributed by atoms with Gasteiger partial charge in [0, 0.05) is 19.3 Å². The minimum absolute atomic E-state index is 0.0814. The normalized spacial score (nSPS) is 14.8. The molecule has 5 unspecified atom stereocenters. The molecule has 0 saturated carbocycles. The number of ether oxygens (including phenoxy) is 3. The monoisotopic (exact) mass is 1450 g/mol. The molecule has 0 saturated heterocycles. The number of hydrogen-bond donors (Lipinski definition) is 4. The highest BCUT2D eigenvalue weighted by Crippen LogP contribution is 2.45. The molecule has 0 aliphatic carbocycles. The van der Waals surface area contributed by atoms with Crippen molar-refractivity contribution in [3.8, 4) is 0 Å². The van der Waals surface area contributed by atoms with Crippen LogP contribution in [0, 0.1) is 0 Å². The minimum Gasteiger partial charge on any atom is -0.463 e. The van der Waals surface area contributed by atoms with Gasteiger partial charge >= 0.3 is 33.6 Å². The Labute approximate surface area is 613 Å². The number of unbranched alkanes of at least 4 members (excludes halogenated alkanes) is 26. The highest BCUT2D eigenvalue weighted by Gasteiger charge is 2.29. The highest BCUT2D eigenvalue weighted by atomic mass is 31.2. The maximum atomic E-state index is 13.0. The fourth-order valence-electron chi connectivity index (χ4n) is 10.1. The van der Waals surface area contributed by atoms with Gasteiger partial charge in [0.25, 0.3) is 0 Å². The smallest absolute Gasteiger partial charge is 0.463 e. The summed E-state index contributed by atoms with van der Waals surface area (Å²) in [5, 5.41) is 20.6. The number of esters is 3. The van der Waals surface area contributed by atoms with Crippen LogP contribution in [0.2, 0.25) is 0 Å². The van der Waals surface area contributed by atoms with Crippen molar-refractivity contribution in [2.24, 2.45) is 0 Å². The summed E-state index contributed by atoms with van der Waals surface area (Å²) in [4.78, 5) is 58.6. The van der Waals surface area contributed by atoms with E-state index in [0.29, 0.717) is 19.3 Å². The summed E-state index contributed by atoms with van der Waals surface area (Å²) in [5.74, 6) is -1.63. The molecule has 5 atom stereocenters. The quantitative estimate of drug-likeness (QED) is 0.0146. The van der Waals surface area contributed by atoms with E-state index in [1.807, 2.05) is 0 Å². The predicted molar refractivity (Wildman–Crippen MR) is 417 cm³/mol. The zero-order chi connectivity index (χ0) is 73.7. The van der Waals surface area contributed by atoms with Gasteiger partial charge in [0.1, 0.15) is 25.4 Å². The molecule has 0 rings (SSSR count). The van der Waals surface area contributed by atoms with Gasteiger partial charge in [-0.05, 0) is 141 Å². The van der Waals surface area contributed by atoms with E-state index in [-0.39, 0.29) is 19.3 Å². The van der Waals surface area contributed by atoms with Crippen molar-refractivity contribution in [1.29, 1.82) is 0 Å². The molecule has 101 heavy (non-hydrogen) atoms. The lowest BCUT2D eigenvalue weighted by Crippen LogP contribution is -2.30. The third-order valence-electron chi connectivity index (χ3n) is 16.0. The second-order valence-electron chi connectivity index (χ2n) is 25.7. The fraction of sp³-hybridized carbons (Fsp3) is 0.675. The number of aliphatic hydroxyl groups is 2. The molecule has 0 aliphatic heterocycles. The Morgan fingerprint density at radius 1 is 0.287 bits per heavy atom. The summed E-state index contributed by atoms with van der Waals surface area (Å²) < 4.78 is 61.1. The SMILES string of the molecule is CC/C=C\C/C=C\C/C=C\C/C=C\C/C=C\CCCCCC(=O)OCC(COP(=O)(O)OCC(O)COP(=O)(O)OCC(O)COC(=O)CCCCCCCCCCCCCCC/C=C\C/C=C\C/C=C\C/C=C\CCCCC)OC(=O)CCCCCCCCC/C=C\C/C=C\C/C=C\CC. The summed E-state index contributed by atoms with van der Waals surface area (Å²) in [6.07, 6.45) is 91.8. The lowest BCUT2D eigenvalue weighted by atomic mass is 10.0. The van der Waals surface area contributed by atoms with E-state index in [4.69, 9.17) is 32.3 Å². The van der Waals surface area contributed by atoms with Crippen LogP contribution in [-0.4, -0.2) is 95.9 Å². The van der Waals surface area contributed by atoms with Crippen LogP contribution in [0.1, 0.15) is 303 Å². The lowest BCUT2D eigenvalue weighted by Gasteiger charge is -2.21. The van der Waals surface area contributed by atoms with E-state index in [2.05, 4.69) is 167 Å². The number of aliphatic hydroxyl groups excluding tert-OH is 2. The minimum atomic E-state index is -4.94. The van der Waals surface area contributed by atoms with Crippen LogP contribution in [-0.2, 0) is 55.8 Å². The third kappa shape index (κ3) is 76.4. The zero-order valence-electron chi connectivity index (χ0n) is 63.0. The largest absolute Gasteiger partial charge is 0.472 e. The third-order valence-corrected chi connectivity index (χ3v) is 17.9. The Balaban J connectivity index is 4.58. The standard InChI is InChI=1S/C83H140O16P2/c1-4-7-10-13-16-19-22-25-28-31-33-34-35-36-37-38-39-40-41-42-44-47-48-51-54-57-60-63-66-69-81(86)93-72-78(84)73-95-100(89,90)96-74-79(85)75-97-101(91,92)98-77-80(99-83(88)71-68-65-62-59-56-53-50-45-30-27-24-21-18-15-12-9-6-3)76-94-82(87)70-67-64-61-58-55-52-49-46-43-32-29-26-23-20-17-14-11-8-5-2/h8-9,11-12,16-21,25-30,33-34,36-37,43,46,52,55,78-80,84-85H,4-7,10,13-15,22-24,31-32,35,38-42,44-45,47-51,53-54,56-77H2,1-3H3,(H,89,90)(H,91,92)/b11-8-,12-9-,19-16-,20-17-,21-18-,28-25-,29-26-,30-27-,34-33-,37-36-,46-43-,55-52-. The lowest BCUT2D eigenvalue weighted by molar-refractivity contribution is -0.161. The summed E-state index contributed by atoms with van der Waals surface area (Å²) in [6.45, 7) is 2.38. The van der Waals surface area contributed by atoms with Crippen LogP contribution in [0.5, 0.6) is 0 Å². The van der Waals surface area contributed by atoms with Crippen LogP contribution in [0.4, 0.5) is 0 Å². The van der Waals surface area contributed by atoms with Crippen molar-refractivity contribution in [2.45, 2.75) is 322 Å². The highest BCUT2D eigenvalue weighted by molar-refractivity contribution is 7.47. The first-order valence-corrected chi connectivity index (χ1v) is 42.1. The summed E-state index contributed by atoms with van der Waals surface area (Å²) in [7, 11) is -9.81. The first-order valence-electron chi connectivity index (χ1n) is 39.1. The van der Waals surface area contributed by atoms with E-state index in [0.717, 1.165) is 161 Å². The van der Waals surface area contributed by atoms with Gasteiger partial charge in [-0.2, -0.15) is 0 Å². The molecular formula is C83H140O16P2. The number of carbonyl (C=O) groups excluding carboxylic acids is 3. The molecule has 16 nitrogen and oxygen atoms in total. The van der Waals surface area contributed by atoms with Gasteiger partial charge in [-0.25, -0.2) is 9.13 Å². The number of hydrogen-bond acceptors (Lipinski definition) is 14. The van der Waals surface area contributed by atoms with E-state index in [1.54, 1.807) is 0 Å². The average Bonchev–Trinajstić information content (AvgIpc) is 1.07. The van der Waals surface area contributed by atoms with Crippen LogP contribution in [0.25, 0.3) is 0 Å². The first-order chi connectivity index (χ1) is 49.2. The van der Waals surface area contributed by atoms with Crippen molar-refractivity contribution in [2.75, 3.05) is 39.6 Å². The molecule has 0 aromatic heterocycles. The van der Waals surface area contributed by atoms with E-state index in [1.165, 1.54) is 83.5 Å². The van der Waals surface area contributed by atoms with Crippen molar-refractivity contribution < 1.29 is 75.8 Å². The fourth-order valence-corrected chi connectivity index (χ4v) is 11.7. The van der Waals surface area contributed by atoms with Gasteiger partial charge in [-0.1, -0.05) is 289 Å². The van der Waals surface area contributed by atoms with Crippen molar-refractivity contribution in [3.05, 3.63) is 146 Å². The van der Waals surface area contributed by atoms with E-state index < -0.39 is 91.5 Å². The Morgan fingerprint density at radius 2 is 0.525 bits per heavy atom. The number of phosphoric ester groups is 2. The Bertz CT molecular complexity index is 2420. The molecule has 0 bridgehead atoms. The zero-order valence-corrected chi connectivity index (χ0v) is 64.8. The maximum absolute atomic E-state index is 13.0. The maximum Gasteiger partial charge on any atom is 0.472 e. The van der Waals surface area contributed by atoms with E-state index in [9.17, 15) is 43.5 Å². The Kier molecular flexibility index (Phi) is 71.7. The van der Waals surface area contributed by atoms with Crippen LogP contribution >= 0.6 is 15.6 Å². The predicted octanol–water partition coefficient (Wildman–Crippen LogP) is 22.9. The van der Waals surface area contributed by atoms with Gasteiger partial charge < -0.3 is 34.2 Å². The molecule has 0 radical (unpaired) electrons. The van der Waals surface area contributed by atoms with Crippen LogP contribution in [0.15, 0.2) is 146 Å². The number of rotatable bonds is 73. The molecule has 0 aromatic rings. The van der Waals surface area contributed by atoms with Gasteiger partial charge in [-0.3, -0.25) is 32.5 Å². The number of allylic oxidation sites excluding steroid dienone is 24. The van der Waals surface area contributed by atoms with Gasteiger partial charge in [0.2, 0.25) is 0 Å². The molecule has 578 valence electrons. The molecule has 4 N–H and O–H groups in total. The van der Waals surface area contributed by atoms with E-state index >= 15 is 0 Å². The van der Waals surface area contributed by atoms with Crippen molar-refractivity contribution in [3.63, 3.8) is 0 Å². The number of carbonyl (C=O) groups is 3. The molecular weight excluding hydrogens is 1310 g/mol. The molecule has 0 aromatic carbocycles. The summed E-state index contributed by atoms with van der Waals surface area (Å²) in [6, 6.07) is 0. The van der Waals surface area contributed by atoms with Crippen molar-refractivity contribution >= 4 is 33.6 Å². The molecule has 0 aliphatic rings. The molecule has 0 fully saturated rings. The van der Waals surface area contributed by atoms with Crippen molar-refractivity contribution in [1.82, 2.24) is 0 Å². The van der Waals surface area contributed by atoms with Gasteiger partial charge in [-0.15, -0.1) is 0 Å². The second-order valence-corrected chi connectivity index (χ2v) is 28.7. The van der Waals surface area contributed by atoms with Crippen LogP contribution in [0.3, 0.4) is 0 Å². The van der Waals surface area contributed by atoms with Crippen LogP contribution < -0.4 is 0 Å². The topological polar surface area (TPSA) is 231 Å². The van der Waals surface area contributed by atoms with Gasteiger partial charge in [0.15, 0.2) is 6.10 Å². The Morgan fingerprint density at radius 3 is 0.842 bits per heavy atom. The molecule has 18 heteroatoms. The summed E-state index contributed by atoms with van der Waals surface area (Å²) >= 11 is 0. The average molecular weight is 1460 g/mol. The molecule has 0 amide bonds. The number of phosphoric acid groups is 2. The first kappa shape index (κ1) is 96.4. The second kappa shape index (κ2) is 75.1. The van der Waals surface area contributed by atoms with Gasteiger partial charge in [0.05, 0.1) is 26.4 Å². The summed E-state index contributed by atoms with van der Waals surface area (Å²) in [5.41, 5.74) is 0. The Hall–Kier alpha value is -4.57. The molecule has 0 heterocycles.